The summed E-state index contributed by atoms with van der Waals surface area (Å²) in [5, 5.41) is 6.19. The molecule has 0 heterocycles. The van der Waals surface area contributed by atoms with Gasteiger partial charge in [-0.15, -0.1) is 0 Å². The van der Waals surface area contributed by atoms with E-state index in [-0.39, 0.29) is 12.1 Å². The van der Waals surface area contributed by atoms with E-state index in [1.54, 1.807) is 0 Å². The number of benzene rings is 2. The summed E-state index contributed by atoms with van der Waals surface area (Å²) in [6, 6.07) is 14.5. The van der Waals surface area contributed by atoms with Crippen LogP contribution in [0, 0.1) is 6.92 Å². The fourth-order valence-electron chi connectivity index (χ4n) is 3.36. The summed E-state index contributed by atoms with van der Waals surface area (Å²) >= 11 is 0. The zero-order valence-corrected chi connectivity index (χ0v) is 14.0. The number of anilines is 1. The quantitative estimate of drug-likeness (QED) is 0.829. The molecular formula is C20H24N2O. The lowest BCUT2D eigenvalue weighted by molar-refractivity contribution is 0.248. The topological polar surface area (TPSA) is 41.1 Å². The van der Waals surface area contributed by atoms with Gasteiger partial charge in [-0.25, -0.2) is 4.79 Å². The van der Waals surface area contributed by atoms with Crippen molar-refractivity contribution in [1.82, 2.24) is 5.32 Å². The molecule has 1 unspecified atom stereocenters. The number of fused-ring (bicyclic) bond motifs is 1. The highest BCUT2D eigenvalue weighted by Crippen LogP contribution is 2.31. The maximum Gasteiger partial charge on any atom is 0.319 e. The Kier molecular flexibility index (Phi) is 4.37. The lowest BCUT2D eigenvalue weighted by atomic mass is 9.98. The molecule has 120 valence electrons. The molecule has 0 aliphatic heterocycles. The summed E-state index contributed by atoms with van der Waals surface area (Å²) in [5.74, 6) is 0.373. The van der Waals surface area contributed by atoms with E-state index >= 15 is 0 Å². The Bertz CT molecular complexity index is 721. The molecule has 3 rings (SSSR count). The Morgan fingerprint density at radius 2 is 1.91 bits per heavy atom. The fourth-order valence-corrected chi connectivity index (χ4v) is 3.36. The van der Waals surface area contributed by atoms with Gasteiger partial charge >= 0.3 is 6.03 Å². The second-order valence-corrected chi connectivity index (χ2v) is 6.58. The maximum atomic E-state index is 12.5. The van der Waals surface area contributed by atoms with Gasteiger partial charge in [0.2, 0.25) is 0 Å². The number of urea groups is 1. The number of hydrogen-bond donors (Lipinski definition) is 2. The monoisotopic (exact) mass is 308 g/mol. The van der Waals surface area contributed by atoms with Gasteiger partial charge in [-0.2, -0.15) is 0 Å². The summed E-state index contributed by atoms with van der Waals surface area (Å²) in [5.41, 5.74) is 5.80. The van der Waals surface area contributed by atoms with E-state index in [4.69, 9.17) is 0 Å². The van der Waals surface area contributed by atoms with E-state index in [0.717, 1.165) is 24.1 Å². The Balaban J connectivity index is 1.74. The fraction of sp³-hybridized carbons (Fsp3) is 0.350. The van der Waals surface area contributed by atoms with Crippen molar-refractivity contribution in [3.63, 3.8) is 0 Å². The van der Waals surface area contributed by atoms with Gasteiger partial charge in [0, 0.05) is 5.69 Å². The molecule has 0 radical (unpaired) electrons. The number of aryl methyl sites for hydroxylation is 2. The van der Waals surface area contributed by atoms with E-state index < -0.39 is 0 Å². The Morgan fingerprint density at radius 1 is 1.13 bits per heavy atom. The standard InChI is InChI=1S/C20H24N2O/c1-13(2)16-10-6-7-14(3)19(16)22-20(23)21-18-12-11-15-8-4-5-9-17(15)18/h4-10,13,18H,11-12H2,1-3H3,(H2,21,22,23). The van der Waals surface area contributed by atoms with E-state index in [1.165, 1.54) is 16.7 Å². The highest BCUT2D eigenvalue weighted by molar-refractivity contribution is 5.91. The molecule has 2 aromatic rings. The summed E-state index contributed by atoms with van der Waals surface area (Å²) in [4.78, 5) is 12.5. The van der Waals surface area contributed by atoms with Crippen LogP contribution < -0.4 is 10.6 Å². The number of carbonyl (C=O) groups excluding carboxylic acids is 1. The molecule has 0 aromatic heterocycles. The number of para-hydroxylation sites is 1. The summed E-state index contributed by atoms with van der Waals surface area (Å²) in [6.07, 6.45) is 2.00. The van der Waals surface area contributed by atoms with E-state index in [1.807, 2.05) is 25.1 Å². The van der Waals surface area contributed by atoms with Crippen molar-refractivity contribution in [2.24, 2.45) is 0 Å². The average molecular weight is 308 g/mol. The van der Waals surface area contributed by atoms with Crippen molar-refractivity contribution < 1.29 is 4.79 Å². The predicted octanol–water partition coefficient (Wildman–Crippen LogP) is 4.93. The van der Waals surface area contributed by atoms with Gasteiger partial charge in [0.15, 0.2) is 0 Å². The zero-order valence-electron chi connectivity index (χ0n) is 14.0. The molecular weight excluding hydrogens is 284 g/mol. The second-order valence-electron chi connectivity index (χ2n) is 6.58. The first-order valence-corrected chi connectivity index (χ1v) is 8.31. The second kappa shape index (κ2) is 6.45. The molecule has 1 aliphatic carbocycles. The number of hydrogen-bond acceptors (Lipinski definition) is 1. The van der Waals surface area contributed by atoms with Gasteiger partial charge in [-0.1, -0.05) is 56.3 Å². The van der Waals surface area contributed by atoms with Crippen molar-refractivity contribution >= 4 is 11.7 Å². The molecule has 0 saturated carbocycles. The van der Waals surface area contributed by atoms with Crippen LogP contribution in [0.4, 0.5) is 10.5 Å². The molecule has 23 heavy (non-hydrogen) atoms. The largest absolute Gasteiger partial charge is 0.331 e. The Morgan fingerprint density at radius 3 is 2.70 bits per heavy atom. The van der Waals surface area contributed by atoms with Crippen LogP contribution in [0.3, 0.4) is 0 Å². The van der Waals surface area contributed by atoms with Crippen LogP contribution >= 0.6 is 0 Å². The van der Waals surface area contributed by atoms with Gasteiger partial charge in [0.25, 0.3) is 0 Å². The van der Waals surface area contributed by atoms with Crippen LogP contribution in [-0.2, 0) is 6.42 Å². The van der Waals surface area contributed by atoms with E-state index in [9.17, 15) is 4.79 Å². The Hall–Kier alpha value is -2.29. The van der Waals surface area contributed by atoms with Crippen molar-refractivity contribution in [2.75, 3.05) is 5.32 Å². The minimum absolute atomic E-state index is 0.109. The number of amides is 2. The first-order valence-electron chi connectivity index (χ1n) is 8.31. The summed E-state index contributed by atoms with van der Waals surface area (Å²) in [6.45, 7) is 6.32. The molecule has 3 heteroatoms. The van der Waals surface area contributed by atoms with Gasteiger partial charge in [-0.05, 0) is 47.9 Å². The first kappa shape index (κ1) is 15.6. The van der Waals surface area contributed by atoms with E-state index in [0.29, 0.717) is 5.92 Å². The van der Waals surface area contributed by atoms with Gasteiger partial charge < -0.3 is 10.6 Å². The first-order chi connectivity index (χ1) is 11.1. The molecule has 0 spiro atoms. The van der Waals surface area contributed by atoms with Gasteiger partial charge in [-0.3, -0.25) is 0 Å². The van der Waals surface area contributed by atoms with Crippen LogP contribution in [0.5, 0.6) is 0 Å². The Labute approximate surface area is 138 Å². The van der Waals surface area contributed by atoms with Crippen molar-refractivity contribution in [3.05, 3.63) is 64.7 Å². The summed E-state index contributed by atoms with van der Waals surface area (Å²) in [7, 11) is 0. The third-order valence-electron chi connectivity index (χ3n) is 4.60. The molecule has 0 bridgehead atoms. The molecule has 2 N–H and O–H groups in total. The van der Waals surface area contributed by atoms with Crippen LogP contribution in [-0.4, -0.2) is 6.03 Å². The van der Waals surface area contributed by atoms with Crippen LogP contribution in [0.15, 0.2) is 42.5 Å². The molecule has 0 fully saturated rings. The van der Waals surface area contributed by atoms with Crippen LogP contribution in [0.1, 0.15) is 54.5 Å². The van der Waals surface area contributed by atoms with Gasteiger partial charge in [0.1, 0.15) is 0 Å². The molecule has 2 amide bonds. The predicted molar refractivity (Wildman–Crippen MR) is 94.9 cm³/mol. The lowest BCUT2D eigenvalue weighted by Gasteiger charge is -2.19. The minimum atomic E-state index is -0.122. The van der Waals surface area contributed by atoms with Crippen LogP contribution in [0.25, 0.3) is 0 Å². The molecule has 2 aromatic carbocycles. The zero-order chi connectivity index (χ0) is 16.4. The van der Waals surface area contributed by atoms with Crippen molar-refractivity contribution in [2.45, 2.75) is 45.6 Å². The highest BCUT2D eigenvalue weighted by Gasteiger charge is 2.23. The summed E-state index contributed by atoms with van der Waals surface area (Å²) < 4.78 is 0. The number of carbonyl (C=O) groups is 1. The van der Waals surface area contributed by atoms with Gasteiger partial charge in [0.05, 0.1) is 6.04 Å². The highest BCUT2D eigenvalue weighted by atomic mass is 16.2. The third-order valence-corrected chi connectivity index (χ3v) is 4.60. The molecule has 1 atom stereocenters. The number of rotatable bonds is 3. The number of nitrogens with one attached hydrogen (secondary N) is 2. The SMILES string of the molecule is Cc1cccc(C(C)C)c1NC(=O)NC1CCc2ccccc21. The third kappa shape index (κ3) is 3.24. The smallest absolute Gasteiger partial charge is 0.319 e. The van der Waals surface area contributed by atoms with Crippen molar-refractivity contribution in [1.29, 1.82) is 0 Å². The molecule has 3 nitrogen and oxygen atoms in total. The molecule has 0 saturated heterocycles. The van der Waals surface area contributed by atoms with Crippen LogP contribution in [0.2, 0.25) is 0 Å². The minimum Gasteiger partial charge on any atom is -0.331 e. The lowest BCUT2D eigenvalue weighted by Crippen LogP contribution is -2.32. The maximum absolute atomic E-state index is 12.5. The normalized spacial score (nSPS) is 16.3. The van der Waals surface area contributed by atoms with E-state index in [2.05, 4.69) is 48.7 Å². The average Bonchev–Trinajstić information content (AvgIpc) is 2.92. The molecule has 1 aliphatic rings. The van der Waals surface area contributed by atoms with Crippen molar-refractivity contribution in [3.8, 4) is 0 Å².